The minimum absolute atomic E-state index is 0.00428. The maximum atomic E-state index is 13.0. The molecule has 0 aromatic heterocycles. The van der Waals surface area contributed by atoms with Crippen molar-refractivity contribution < 1.29 is 46.3 Å². The molecule has 14 heteroatoms. The maximum Gasteiger partial charge on any atom is 0.339 e. The molecule has 2 aromatic rings. The highest BCUT2D eigenvalue weighted by atomic mass is 127. The number of hydrogen-bond acceptors (Lipinski definition) is 9. The molecule has 3 fully saturated rings. The second-order valence-corrected chi connectivity index (χ2v) is 12.9. The van der Waals surface area contributed by atoms with Gasteiger partial charge in [0.05, 0.1) is 10.5 Å². The molecule has 3 aliphatic heterocycles. The van der Waals surface area contributed by atoms with Gasteiger partial charge in [0.25, 0.3) is 10.1 Å². The Hall–Kier alpha value is -1.09. The van der Waals surface area contributed by atoms with Crippen molar-refractivity contribution in [2.75, 3.05) is 0 Å². The zero-order valence-corrected chi connectivity index (χ0v) is 24.4. The molecule has 1 N–H and O–H groups in total. The van der Waals surface area contributed by atoms with Crippen molar-refractivity contribution in [3.05, 3.63) is 52.7 Å². The standard InChI is InChI=1S/C21H13I3O10S/c22-7-5-10(14(24)11(23)6-7)19(25)33-17-15-12(13-16(32-15)18(17)34-21(13)27)20(26)31-8-1-3-9(4-2-8)35(28,29)30/h1-6,12-13,15-18H,(H,28,29,30). The average molecular weight is 838 g/mol. The molecular formula is C21H13I3O10S. The highest BCUT2D eigenvalue weighted by Crippen LogP contribution is 2.51. The lowest BCUT2D eigenvalue weighted by Crippen LogP contribution is -2.48. The fourth-order valence-electron chi connectivity index (χ4n) is 4.49. The molecule has 3 aliphatic rings. The van der Waals surface area contributed by atoms with Crippen LogP contribution in [0, 0.1) is 22.5 Å². The Morgan fingerprint density at radius 3 is 2.34 bits per heavy atom. The maximum absolute atomic E-state index is 13.0. The summed E-state index contributed by atoms with van der Waals surface area (Å²) in [5.74, 6) is -4.05. The minimum Gasteiger partial charge on any atom is -0.455 e. The van der Waals surface area contributed by atoms with Crippen molar-refractivity contribution in [2.24, 2.45) is 11.8 Å². The quantitative estimate of drug-likeness (QED) is 0.157. The predicted molar refractivity (Wildman–Crippen MR) is 141 cm³/mol. The third kappa shape index (κ3) is 4.57. The Bertz CT molecular complexity index is 1360. The fraction of sp³-hybridized carbons (Fsp3) is 0.286. The number of hydrogen-bond donors (Lipinski definition) is 1. The van der Waals surface area contributed by atoms with E-state index in [4.69, 9.17) is 23.5 Å². The van der Waals surface area contributed by atoms with Crippen molar-refractivity contribution in [3.63, 3.8) is 0 Å². The predicted octanol–water partition coefficient (Wildman–Crippen LogP) is 2.82. The van der Waals surface area contributed by atoms with E-state index in [1.807, 2.05) is 6.07 Å². The van der Waals surface area contributed by atoms with Gasteiger partial charge >= 0.3 is 17.9 Å². The monoisotopic (exact) mass is 838 g/mol. The molecule has 3 heterocycles. The van der Waals surface area contributed by atoms with E-state index in [1.165, 1.54) is 12.1 Å². The molecule has 0 amide bonds. The van der Waals surface area contributed by atoms with Crippen molar-refractivity contribution in [2.45, 2.75) is 29.3 Å². The Kier molecular flexibility index (Phi) is 6.82. The van der Waals surface area contributed by atoms with E-state index in [-0.39, 0.29) is 10.6 Å². The van der Waals surface area contributed by atoms with Gasteiger partial charge < -0.3 is 18.9 Å². The van der Waals surface area contributed by atoms with Crippen LogP contribution in [0.1, 0.15) is 10.4 Å². The third-order valence-electron chi connectivity index (χ3n) is 5.97. The Labute approximate surface area is 239 Å². The first-order valence-electron chi connectivity index (χ1n) is 9.96. The first-order valence-corrected chi connectivity index (χ1v) is 14.6. The summed E-state index contributed by atoms with van der Waals surface area (Å²) in [6.07, 6.45) is -3.52. The summed E-state index contributed by atoms with van der Waals surface area (Å²) in [4.78, 5) is 38.2. The van der Waals surface area contributed by atoms with Crippen molar-refractivity contribution in [1.29, 1.82) is 0 Å². The van der Waals surface area contributed by atoms with E-state index in [1.54, 1.807) is 6.07 Å². The molecule has 10 nitrogen and oxygen atoms in total. The summed E-state index contributed by atoms with van der Waals surface area (Å²) in [5, 5.41) is 0. The SMILES string of the molecule is O=C(OC1C2OC(=O)C3C2OC1C3C(=O)Oc1ccc(S(=O)(=O)O)cc1)c1cc(I)cc(I)c1I. The molecule has 0 radical (unpaired) electrons. The lowest BCUT2D eigenvalue weighted by molar-refractivity contribution is -0.149. The van der Waals surface area contributed by atoms with Crippen molar-refractivity contribution >= 4 is 95.8 Å². The smallest absolute Gasteiger partial charge is 0.339 e. The fourth-order valence-corrected chi connectivity index (χ4v) is 7.35. The van der Waals surface area contributed by atoms with Gasteiger partial charge in [-0.25, -0.2) is 4.79 Å². The zero-order valence-electron chi connectivity index (χ0n) is 17.1. The van der Waals surface area contributed by atoms with Gasteiger partial charge in [-0.2, -0.15) is 8.42 Å². The molecule has 35 heavy (non-hydrogen) atoms. The van der Waals surface area contributed by atoms with Gasteiger partial charge in [0.2, 0.25) is 0 Å². The van der Waals surface area contributed by atoms with Crippen LogP contribution in [0.3, 0.4) is 0 Å². The van der Waals surface area contributed by atoms with Gasteiger partial charge in [-0.3, -0.25) is 14.1 Å². The summed E-state index contributed by atoms with van der Waals surface area (Å²) < 4.78 is 56.3. The Balaban J connectivity index is 1.37. The Morgan fingerprint density at radius 1 is 1.00 bits per heavy atom. The van der Waals surface area contributed by atoms with Gasteiger partial charge in [-0.05, 0) is 104 Å². The first kappa shape index (κ1) is 25.6. The number of benzene rings is 2. The van der Waals surface area contributed by atoms with Crippen LogP contribution in [-0.2, 0) is 33.9 Å². The van der Waals surface area contributed by atoms with E-state index in [0.29, 0.717) is 9.13 Å². The third-order valence-corrected chi connectivity index (χ3v) is 10.5. The summed E-state index contributed by atoms with van der Waals surface area (Å²) >= 11 is 6.27. The van der Waals surface area contributed by atoms with Gasteiger partial charge in [-0.1, -0.05) is 0 Å². The molecule has 2 aromatic carbocycles. The lowest BCUT2D eigenvalue weighted by Gasteiger charge is -2.27. The van der Waals surface area contributed by atoms with Crippen molar-refractivity contribution in [1.82, 2.24) is 0 Å². The molecule has 184 valence electrons. The van der Waals surface area contributed by atoms with Crippen molar-refractivity contribution in [3.8, 4) is 5.75 Å². The topological polar surface area (TPSA) is 142 Å². The lowest BCUT2D eigenvalue weighted by atomic mass is 9.78. The van der Waals surface area contributed by atoms with E-state index in [9.17, 15) is 22.8 Å². The van der Waals surface area contributed by atoms with Crippen LogP contribution < -0.4 is 4.74 Å². The second-order valence-electron chi connectivity index (χ2n) is 8.01. The molecule has 0 spiro atoms. The van der Waals surface area contributed by atoms with Gasteiger partial charge in [0.15, 0.2) is 12.2 Å². The highest BCUT2D eigenvalue weighted by molar-refractivity contribution is 14.1. The van der Waals surface area contributed by atoms with Crippen LogP contribution in [0.25, 0.3) is 0 Å². The average Bonchev–Trinajstić information content (AvgIpc) is 3.39. The summed E-state index contributed by atoms with van der Waals surface area (Å²) in [6, 6.07) is 8.14. The number of halogens is 3. The normalized spacial score (nSPS) is 28.6. The van der Waals surface area contributed by atoms with E-state index < -0.39 is 64.3 Å². The molecule has 2 bridgehead atoms. The number of fused-ring (bicyclic) bond motifs is 1. The van der Waals surface area contributed by atoms with Crippen LogP contribution >= 0.6 is 67.8 Å². The largest absolute Gasteiger partial charge is 0.455 e. The van der Waals surface area contributed by atoms with Crippen LogP contribution in [0.4, 0.5) is 0 Å². The molecule has 6 atom stereocenters. The van der Waals surface area contributed by atoms with Crippen LogP contribution in [-0.4, -0.2) is 55.3 Å². The number of rotatable bonds is 5. The Morgan fingerprint density at radius 2 is 1.69 bits per heavy atom. The van der Waals surface area contributed by atoms with Crippen LogP contribution in [0.15, 0.2) is 41.3 Å². The molecular weight excluding hydrogens is 825 g/mol. The molecule has 3 saturated heterocycles. The van der Waals surface area contributed by atoms with E-state index in [0.717, 1.165) is 19.3 Å². The summed E-state index contributed by atoms with van der Waals surface area (Å²) in [5.41, 5.74) is 0.351. The molecule has 0 saturated carbocycles. The minimum atomic E-state index is -4.41. The van der Waals surface area contributed by atoms with Gasteiger partial charge in [-0.15, -0.1) is 0 Å². The molecule has 5 rings (SSSR count). The number of esters is 3. The second kappa shape index (κ2) is 9.34. The zero-order chi connectivity index (χ0) is 25.2. The van der Waals surface area contributed by atoms with E-state index in [2.05, 4.69) is 67.8 Å². The van der Waals surface area contributed by atoms with Gasteiger partial charge in [0.1, 0.15) is 29.8 Å². The van der Waals surface area contributed by atoms with E-state index >= 15 is 0 Å². The molecule has 0 aliphatic carbocycles. The number of ether oxygens (including phenoxy) is 4. The van der Waals surface area contributed by atoms with Crippen LogP contribution in [0.2, 0.25) is 0 Å². The summed E-state index contributed by atoms with van der Waals surface area (Å²) in [6.45, 7) is 0. The highest BCUT2D eigenvalue weighted by Gasteiger charge is 2.72. The first-order chi connectivity index (χ1) is 16.5. The summed E-state index contributed by atoms with van der Waals surface area (Å²) in [7, 11) is -4.41. The van der Waals surface area contributed by atoms with Gasteiger partial charge in [0, 0.05) is 10.7 Å². The number of carbonyl (C=O) groups is 3. The number of carbonyl (C=O) groups excluding carboxylic acids is 3. The molecule has 6 unspecified atom stereocenters. The van der Waals surface area contributed by atoms with Crippen LogP contribution in [0.5, 0.6) is 5.75 Å².